The summed E-state index contributed by atoms with van der Waals surface area (Å²) in [6, 6.07) is 8.98. The van der Waals surface area contributed by atoms with E-state index in [1.807, 2.05) is 6.07 Å². The van der Waals surface area contributed by atoms with Gasteiger partial charge in [0.1, 0.15) is 5.75 Å². The van der Waals surface area contributed by atoms with Crippen LogP contribution in [0.3, 0.4) is 0 Å². The van der Waals surface area contributed by atoms with Gasteiger partial charge in [0.15, 0.2) is 0 Å². The Morgan fingerprint density at radius 1 is 1.55 bits per heavy atom. The fourth-order valence-corrected chi connectivity index (χ4v) is 1.82. The van der Waals surface area contributed by atoms with Crippen molar-refractivity contribution in [3.63, 3.8) is 0 Å². The van der Waals surface area contributed by atoms with Gasteiger partial charge in [-0.3, -0.25) is 4.68 Å². The Morgan fingerprint density at radius 3 is 3.05 bits per heavy atom. The first-order chi connectivity index (χ1) is 9.72. The maximum absolute atomic E-state index is 9.93. The summed E-state index contributed by atoms with van der Waals surface area (Å²) >= 11 is 0. The van der Waals surface area contributed by atoms with Crippen LogP contribution >= 0.6 is 0 Å². The summed E-state index contributed by atoms with van der Waals surface area (Å²) in [6.45, 7) is 0.778. The highest BCUT2D eigenvalue weighted by atomic mass is 16.5. The molecule has 0 amide bonds. The highest BCUT2D eigenvalue weighted by Crippen LogP contribution is 2.25. The van der Waals surface area contributed by atoms with Gasteiger partial charge >= 0.3 is 0 Å². The Bertz CT molecular complexity index is 590. The summed E-state index contributed by atoms with van der Waals surface area (Å²) in [5.74, 6) is 0.579. The van der Waals surface area contributed by atoms with Crippen LogP contribution in [-0.2, 0) is 6.54 Å². The lowest BCUT2D eigenvalue weighted by atomic mass is 10.2. The number of methoxy groups -OCH3 is 1. The molecule has 6 nitrogen and oxygen atoms in total. The van der Waals surface area contributed by atoms with Crippen LogP contribution in [0.25, 0.3) is 0 Å². The number of nitrogens with zero attached hydrogens (tertiary/aromatic N) is 3. The van der Waals surface area contributed by atoms with Crippen LogP contribution < -0.4 is 10.1 Å². The third-order valence-electron chi connectivity index (χ3n) is 2.82. The number of ether oxygens (including phenoxy) is 1. The average Bonchev–Trinajstić information content (AvgIpc) is 2.97. The standard InChI is InChI=1S/C14H16N4O2/c1-20-14-7-11(8-15)3-4-13(14)16-9-12(19)10-18-6-2-5-17-18/h2-7,12,16,19H,9-10H2,1H3. The van der Waals surface area contributed by atoms with Crippen molar-refractivity contribution in [2.24, 2.45) is 0 Å². The number of anilines is 1. The van der Waals surface area contributed by atoms with Crippen molar-refractivity contribution in [1.29, 1.82) is 5.26 Å². The topological polar surface area (TPSA) is 83.1 Å². The SMILES string of the molecule is COc1cc(C#N)ccc1NCC(O)Cn1cccn1. The summed E-state index contributed by atoms with van der Waals surface area (Å²) in [5.41, 5.74) is 1.27. The molecule has 0 saturated heterocycles. The number of aliphatic hydroxyl groups excluding tert-OH is 1. The first-order valence-corrected chi connectivity index (χ1v) is 6.20. The molecular formula is C14H16N4O2. The highest BCUT2D eigenvalue weighted by Gasteiger charge is 2.08. The summed E-state index contributed by atoms with van der Waals surface area (Å²) in [6.07, 6.45) is 2.89. The number of nitriles is 1. The molecule has 1 heterocycles. The number of benzene rings is 1. The van der Waals surface area contributed by atoms with E-state index in [9.17, 15) is 5.11 Å². The van der Waals surface area contributed by atoms with Crippen molar-refractivity contribution < 1.29 is 9.84 Å². The number of hydrogen-bond donors (Lipinski definition) is 2. The maximum Gasteiger partial charge on any atom is 0.143 e. The van der Waals surface area contributed by atoms with E-state index in [4.69, 9.17) is 10.00 Å². The molecule has 0 aliphatic rings. The van der Waals surface area contributed by atoms with Crippen LogP contribution in [0.2, 0.25) is 0 Å². The first-order valence-electron chi connectivity index (χ1n) is 6.20. The van der Waals surface area contributed by atoms with Crippen molar-refractivity contribution in [3.8, 4) is 11.8 Å². The lowest BCUT2D eigenvalue weighted by Crippen LogP contribution is -2.25. The molecule has 0 bridgehead atoms. The minimum absolute atomic E-state index is 0.363. The van der Waals surface area contributed by atoms with Crippen molar-refractivity contribution in [2.75, 3.05) is 19.0 Å². The minimum Gasteiger partial charge on any atom is -0.495 e. The molecule has 1 aromatic heterocycles. The molecule has 0 saturated carbocycles. The third kappa shape index (κ3) is 3.49. The van der Waals surface area contributed by atoms with Gasteiger partial charge in [0.05, 0.1) is 37.1 Å². The zero-order valence-corrected chi connectivity index (χ0v) is 11.2. The van der Waals surface area contributed by atoms with Gasteiger partial charge in [-0.15, -0.1) is 0 Å². The Kier molecular flexibility index (Phi) is 4.58. The molecule has 0 radical (unpaired) electrons. The molecule has 20 heavy (non-hydrogen) atoms. The second kappa shape index (κ2) is 6.59. The summed E-state index contributed by atoms with van der Waals surface area (Å²) in [4.78, 5) is 0. The van der Waals surface area contributed by atoms with Crippen molar-refractivity contribution in [2.45, 2.75) is 12.6 Å². The zero-order chi connectivity index (χ0) is 14.4. The van der Waals surface area contributed by atoms with E-state index in [2.05, 4.69) is 16.5 Å². The smallest absolute Gasteiger partial charge is 0.143 e. The van der Waals surface area contributed by atoms with Crippen LogP contribution in [0, 0.1) is 11.3 Å². The van der Waals surface area contributed by atoms with E-state index in [0.717, 1.165) is 5.69 Å². The molecule has 2 aromatic rings. The Labute approximate surface area is 117 Å². The van der Waals surface area contributed by atoms with E-state index < -0.39 is 6.10 Å². The van der Waals surface area contributed by atoms with Gasteiger partial charge in [-0.2, -0.15) is 10.4 Å². The second-order valence-electron chi connectivity index (χ2n) is 4.29. The summed E-state index contributed by atoms with van der Waals surface area (Å²) < 4.78 is 6.88. The molecule has 1 unspecified atom stereocenters. The quantitative estimate of drug-likeness (QED) is 0.826. The van der Waals surface area contributed by atoms with E-state index in [0.29, 0.717) is 24.4 Å². The van der Waals surface area contributed by atoms with Crippen molar-refractivity contribution in [3.05, 3.63) is 42.2 Å². The van der Waals surface area contributed by atoms with E-state index in [-0.39, 0.29) is 0 Å². The first kappa shape index (κ1) is 13.9. The fraction of sp³-hybridized carbons (Fsp3) is 0.286. The van der Waals surface area contributed by atoms with Crippen molar-refractivity contribution in [1.82, 2.24) is 9.78 Å². The Balaban J connectivity index is 1.95. The normalized spacial score (nSPS) is 11.7. The van der Waals surface area contributed by atoms with Gasteiger partial charge in [-0.05, 0) is 18.2 Å². The summed E-state index contributed by atoms with van der Waals surface area (Å²) in [7, 11) is 1.54. The second-order valence-corrected chi connectivity index (χ2v) is 4.29. The molecule has 6 heteroatoms. The lowest BCUT2D eigenvalue weighted by molar-refractivity contribution is 0.161. The zero-order valence-electron chi connectivity index (χ0n) is 11.2. The molecule has 1 atom stereocenters. The van der Waals surface area contributed by atoms with Crippen LogP contribution in [0.5, 0.6) is 5.75 Å². The van der Waals surface area contributed by atoms with Gasteiger partial charge in [0.2, 0.25) is 0 Å². The third-order valence-corrected chi connectivity index (χ3v) is 2.82. The Hall–Kier alpha value is -2.52. The predicted molar refractivity (Wildman–Crippen MR) is 74.4 cm³/mol. The van der Waals surface area contributed by atoms with Crippen LogP contribution in [-0.4, -0.2) is 34.6 Å². The molecule has 1 aromatic carbocycles. The number of rotatable bonds is 6. The monoisotopic (exact) mass is 272 g/mol. The van der Waals surface area contributed by atoms with Crippen LogP contribution in [0.1, 0.15) is 5.56 Å². The van der Waals surface area contributed by atoms with Gasteiger partial charge in [-0.1, -0.05) is 0 Å². The molecule has 2 N–H and O–H groups in total. The molecule has 0 aliphatic heterocycles. The molecule has 0 fully saturated rings. The minimum atomic E-state index is -0.574. The number of aliphatic hydroxyl groups is 1. The fourth-order valence-electron chi connectivity index (χ4n) is 1.82. The van der Waals surface area contributed by atoms with Gasteiger partial charge in [-0.25, -0.2) is 0 Å². The predicted octanol–water partition coefficient (Wildman–Crippen LogP) is 1.24. The van der Waals surface area contributed by atoms with Gasteiger partial charge in [0.25, 0.3) is 0 Å². The highest BCUT2D eigenvalue weighted by molar-refractivity contribution is 5.59. The maximum atomic E-state index is 9.93. The van der Waals surface area contributed by atoms with E-state index in [1.165, 1.54) is 0 Å². The van der Waals surface area contributed by atoms with Crippen molar-refractivity contribution >= 4 is 5.69 Å². The number of hydrogen-bond acceptors (Lipinski definition) is 5. The van der Waals surface area contributed by atoms with Gasteiger partial charge in [0, 0.05) is 25.0 Å². The molecule has 0 spiro atoms. The average molecular weight is 272 g/mol. The molecule has 2 rings (SSSR count). The number of nitrogens with one attached hydrogen (secondary N) is 1. The van der Waals surface area contributed by atoms with Gasteiger partial charge < -0.3 is 15.2 Å². The van der Waals surface area contributed by atoms with E-state index in [1.54, 1.807) is 42.4 Å². The lowest BCUT2D eigenvalue weighted by Gasteiger charge is -2.15. The molecule has 0 aliphatic carbocycles. The molecule has 104 valence electrons. The van der Waals surface area contributed by atoms with Crippen LogP contribution in [0.4, 0.5) is 5.69 Å². The number of aromatic nitrogens is 2. The summed E-state index contributed by atoms with van der Waals surface area (Å²) in [5, 5.41) is 25.9. The van der Waals surface area contributed by atoms with E-state index >= 15 is 0 Å². The Morgan fingerprint density at radius 2 is 2.40 bits per heavy atom. The van der Waals surface area contributed by atoms with Crippen LogP contribution in [0.15, 0.2) is 36.7 Å². The largest absolute Gasteiger partial charge is 0.495 e. The molecular weight excluding hydrogens is 256 g/mol.